The predicted molar refractivity (Wildman–Crippen MR) is 92.2 cm³/mol. The average Bonchev–Trinajstić information content (AvgIpc) is 3.29. The summed E-state index contributed by atoms with van der Waals surface area (Å²) in [6.07, 6.45) is 3.37. The Kier molecular flexibility index (Phi) is 4.32. The summed E-state index contributed by atoms with van der Waals surface area (Å²) in [5.74, 6) is 0.0872. The first-order valence-electron chi connectivity index (χ1n) is 7.93. The fourth-order valence-corrected chi connectivity index (χ4v) is 2.59. The number of rotatable bonds is 6. The van der Waals surface area contributed by atoms with Gasteiger partial charge in [-0.2, -0.15) is 5.10 Å². The lowest BCUT2D eigenvalue weighted by atomic mass is 10.1. The van der Waals surface area contributed by atoms with Gasteiger partial charge in [0, 0.05) is 42.6 Å². The van der Waals surface area contributed by atoms with Gasteiger partial charge in [0.2, 0.25) is 0 Å². The molecule has 0 saturated heterocycles. The summed E-state index contributed by atoms with van der Waals surface area (Å²) in [4.78, 5) is 4.06. The zero-order chi connectivity index (χ0) is 17.9. The highest BCUT2D eigenvalue weighted by Gasteiger charge is 2.17. The van der Waals surface area contributed by atoms with E-state index in [1.807, 2.05) is 12.1 Å². The monoisotopic (exact) mass is 354 g/mol. The van der Waals surface area contributed by atoms with E-state index >= 15 is 0 Å². The molecule has 4 aromatic rings. The zero-order valence-corrected chi connectivity index (χ0v) is 13.9. The van der Waals surface area contributed by atoms with Crippen LogP contribution in [0.25, 0.3) is 33.6 Å². The molecular formula is C18H15FN4O3. The second-order valence-electron chi connectivity index (χ2n) is 5.56. The van der Waals surface area contributed by atoms with E-state index in [0.717, 1.165) is 5.56 Å². The van der Waals surface area contributed by atoms with E-state index in [9.17, 15) is 4.39 Å². The van der Waals surface area contributed by atoms with Gasteiger partial charge in [0.1, 0.15) is 18.0 Å². The van der Waals surface area contributed by atoms with Gasteiger partial charge in [0.05, 0.1) is 12.1 Å². The first-order chi connectivity index (χ1) is 12.8. The minimum absolute atomic E-state index is 0.137. The number of aromatic amines is 1. The summed E-state index contributed by atoms with van der Waals surface area (Å²) in [5.41, 5.74) is 2.56. The van der Waals surface area contributed by atoms with Gasteiger partial charge in [-0.15, -0.1) is 0 Å². The average molecular weight is 354 g/mol. The molecule has 7 nitrogen and oxygen atoms in total. The second kappa shape index (κ2) is 6.93. The van der Waals surface area contributed by atoms with Crippen LogP contribution in [0.4, 0.5) is 4.39 Å². The Morgan fingerprint density at radius 1 is 1.23 bits per heavy atom. The van der Waals surface area contributed by atoms with E-state index in [0.29, 0.717) is 34.7 Å². The number of nitrogens with one attached hydrogen (secondary N) is 1. The van der Waals surface area contributed by atoms with Crippen molar-refractivity contribution in [1.29, 1.82) is 0 Å². The fraction of sp³-hybridized carbons (Fsp3) is 0.167. The number of ether oxygens (including phenoxy) is 2. The number of H-pyrrole nitrogens is 1. The molecule has 0 aliphatic carbocycles. The molecule has 0 amide bonds. The van der Waals surface area contributed by atoms with Crippen LogP contribution in [0.5, 0.6) is 5.75 Å². The number of hydrogen-bond donors (Lipinski definition) is 1. The molecule has 0 aliphatic rings. The molecule has 0 saturated carbocycles. The topological polar surface area (TPSA) is 86.1 Å². The van der Waals surface area contributed by atoms with Gasteiger partial charge in [0.15, 0.2) is 17.3 Å². The molecule has 0 unspecified atom stereocenters. The Labute approximate surface area is 147 Å². The van der Waals surface area contributed by atoms with Crippen LogP contribution < -0.4 is 4.74 Å². The van der Waals surface area contributed by atoms with Crippen LogP contribution in [0, 0.1) is 5.82 Å². The number of hydrogen-bond acceptors (Lipinski definition) is 6. The van der Waals surface area contributed by atoms with Crippen LogP contribution in [0.1, 0.15) is 0 Å². The molecule has 1 N–H and O–H groups in total. The summed E-state index contributed by atoms with van der Waals surface area (Å²) in [7, 11) is 1.56. The van der Waals surface area contributed by atoms with Crippen molar-refractivity contribution in [3.63, 3.8) is 0 Å². The van der Waals surface area contributed by atoms with E-state index in [-0.39, 0.29) is 12.4 Å². The highest BCUT2D eigenvalue weighted by atomic mass is 19.1. The SMILES string of the molecule is COCCOc1cc2[nH]nc(-c3cc(-c4cccnc4)no3)c2cc1F. The third-order valence-corrected chi connectivity index (χ3v) is 3.86. The Morgan fingerprint density at radius 2 is 2.15 bits per heavy atom. The maximum Gasteiger partial charge on any atom is 0.188 e. The molecule has 0 spiro atoms. The second-order valence-corrected chi connectivity index (χ2v) is 5.56. The maximum absolute atomic E-state index is 14.3. The Hall–Kier alpha value is -3.26. The van der Waals surface area contributed by atoms with Crippen molar-refractivity contribution in [3.05, 3.63) is 48.5 Å². The Bertz CT molecular complexity index is 1030. The highest BCUT2D eigenvalue weighted by Crippen LogP contribution is 2.32. The lowest BCUT2D eigenvalue weighted by molar-refractivity contribution is 0.144. The lowest BCUT2D eigenvalue weighted by Crippen LogP contribution is -2.05. The number of fused-ring (bicyclic) bond motifs is 1. The molecule has 26 heavy (non-hydrogen) atoms. The summed E-state index contributed by atoms with van der Waals surface area (Å²) in [6.45, 7) is 0.636. The van der Waals surface area contributed by atoms with Gasteiger partial charge in [-0.05, 0) is 18.2 Å². The summed E-state index contributed by atoms with van der Waals surface area (Å²) < 4.78 is 30.0. The smallest absolute Gasteiger partial charge is 0.188 e. The standard InChI is InChI=1S/C18H15FN4O3/c1-24-5-6-25-16-9-15-12(7-13(16)19)18(22-21-15)17-8-14(23-26-17)11-3-2-4-20-10-11/h2-4,7-10H,5-6H2,1H3,(H,21,22). The van der Waals surface area contributed by atoms with Gasteiger partial charge >= 0.3 is 0 Å². The van der Waals surface area contributed by atoms with E-state index < -0.39 is 5.82 Å². The van der Waals surface area contributed by atoms with Crippen molar-refractivity contribution in [3.8, 4) is 28.5 Å². The number of nitrogens with zero attached hydrogens (tertiary/aromatic N) is 3. The molecule has 1 aromatic carbocycles. The van der Waals surface area contributed by atoms with E-state index in [1.54, 1.807) is 31.6 Å². The normalized spacial score (nSPS) is 11.2. The van der Waals surface area contributed by atoms with Crippen LogP contribution in [0.2, 0.25) is 0 Å². The van der Waals surface area contributed by atoms with Gasteiger partial charge in [-0.3, -0.25) is 10.1 Å². The van der Waals surface area contributed by atoms with Crippen LogP contribution in [-0.4, -0.2) is 40.7 Å². The third kappa shape index (κ3) is 3.02. The predicted octanol–water partition coefficient (Wildman–Crippen LogP) is 3.44. The molecule has 0 aliphatic heterocycles. The van der Waals surface area contributed by atoms with Crippen molar-refractivity contribution in [2.24, 2.45) is 0 Å². The van der Waals surface area contributed by atoms with Crippen LogP contribution in [-0.2, 0) is 4.74 Å². The summed E-state index contributed by atoms with van der Waals surface area (Å²) >= 11 is 0. The minimum Gasteiger partial charge on any atom is -0.488 e. The van der Waals surface area contributed by atoms with Crippen molar-refractivity contribution in [2.45, 2.75) is 0 Å². The largest absolute Gasteiger partial charge is 0.488 e. The number of benzene rings is 1. The van der Waals surface area contributed by atoms with Gasteiger partial charge < -0.3 is 14.0 Å². The van der Waals surface area contributed by atoms with Gasteiger partial charge in [0.25, 0.3) is 0 Å². The van der Waals surface area contributed by atoms with E-state index in [1.165, 1.54) is 6.07 Å². The van der Waals surface area contributed by atoms with Crippen molar-refractivity contribution < 1.29 is 18.4 Å². The Balaban J connectivity index is 1.67. The van der Waals surface area contributed by atoms with Gasteiger partial charge in [-0.1, -0.05) is 5.16 Å². The van der Waals surface area contributed by atoms with Gasteiger partial charge in [-0.25, -0.2) is 4.39 Å². The fourth-order valence-electron chi connectivity index (χ4n) is 2.59. The molecule has 3 aromatic heterocycles. The molecule has 0 fully saturated rings. The summed E-state index contributed by atoms with van der Waals surface area (Å²) in [6, 6.07) is 8.36. The molecule has 132 valence electrons. The van der Waals surface area contributed by atoms with Crippen molar-refractivity contribution in [1.82, 2.24) is 20.3 Å². The molecular weight excluding hydrogens is 339 g/mol. The van der Waals surface area contributed by atoms with E-state index in [2.05, 4.69) is 20.3 Å². The first-order valence-corrected chi connectivity index (χ1v) is 7.93. The lowest BCUT2D eigenvalue weighted by Gasteiger charge is -2.06. The summed E-state index contributed by atoms with van der Waals surface area (Å²) in [5, 5.41) is 11.7. The quantitative estimate of drug-likeness (QED) is 0.534. The molecule has 8 heteroatoms. The Morgan fingerprint density at radius 3 is 2.96 bits per heavy atom. The molecule has 3 heterocycles. The van der Waals surface area contributed by atoms with Crippen molar-refractivity contribution >= 4 is 10.9 Å². The van der Waals surface area contributed by atoms with Crippen LogP contribution >= 0.6 is 0 Å². The molecule has 0 atom stereocenters. The number of halogens is 1. The van der Waals surface area contributed by atoms with Crippen LogP contribution in [0.3, 0.4) is 0 Å². The number of pyridine rings is 1. The maximum atomic E-state index is 14.3. The number of aromatic nitrogens is 4. The molecule has 0 bridgehead atoms. The number of methoxy groups -OCH3 is 1. The van der Waals surface area contributed by atoms with Crippen LogP contribution in [0.15, 0.2) is 47.2 Å². The third-order valence-electron chi connectivity index (χ3n) is 3.86. The minimum atomic E-state index is -0.483. The first kappa shape index (κ1) is 16.2. The molecule has 4 rings (SSSR count). The highest BCUT2D eigenvalue weighted by molar-refractivity contribution is 5.92. The zero-order valence-electron chi connectivity index (χ0n) is 13.9. The van der Waals surface area contributed by atoms with Crippen molar-refractivity contribution in [2.75, 3.05) is 20.3 Å². The molecule has 0 radical (unpaired) electrons. The van der Waals surface area contributed by atoms with E-state index in [4.69, 9.17) is 14.0 Å².